The second-order valence-corrected chi connectivity index (χ2v) is 11.2. The standard InChI is InChI=1S/C26H36N4O5/c1-15(2)10-13-30-21(23(32)27-17-8-6-5-7-9-17)26-12-11-25(4,35-26)19(20(26)24(30)33)22(31)28-18-14-16(3)34-29-18/h11-12,14-15,17,19-21H,5-10,13H2,1-4H3,(H,27,32)(H,28,29,31). The normalized spacial score (nSPS) is 34.0. The molecule has 1 aromatic heterocycles. The van der Waals surface area contributed by atoms with Crippen LogP contribution in [0, 0.1) is 24.7 Å². The first-order chi connectivity index (χ1) is 16.6. The van der Waals surface area contributed by atoms with Crippen LogP contribution in [-0.4, -0.2) is 57.6 Å². The summed E-state index contributed by atoms with van der Waals surface area (Å²) in [6.45, 7) is 8.19. The van der Waals surface area contributed by atoms with E-state index in [0.29, 0.717) is 24.0 Å². The van der Waals surface area contributed by atoms with Gasteiger partial charge in [0.2, 0.25) is 17.7 Å². The molecular weight excluding hydrogens is 448 g/mol. The molecule has 0 aromatic carbocycles. The van der Waals surface area contributed by atoms with Crippen LogP contribution in [0.3, 0.4) is 0 Å². The van der Waals surface area contributed by atoms with Crippen molar-refractivity contribution in [2.45, 2.75) is 89.5 Å². The van der Waals surface area contributed by atoms with Crippen molar-refractivity contribution in [3.63, 3.8) is 0 Å². The Hall–Kier alpha value is -2.68. The summed E-state index contributed by atoms with van der Waals surface area (Å²) in [5.41, 5.74) is -2.15. The minimum absolute atomic E-state index is 0.112. The van der Waals surface area contributed by atoms with E-state index in [1.54, 1.807) is 17.9 Å². The maximum atomic E-state index is 13.9. The molecular formula is C26H36N4O5. The quantitative estimate of drug-likeness (QED) is 0.575. The minimum atomic E-state index is -1.16. The first kappa shape index (κ1) is 24.0. The van der Waals surface area contributed by atoms with Gasteiger partial charge in [0.15, 0.2) is 5.82 Å². The van der Waals surface area contributed by atoms with Crippen LogP contribution >= 0.6 is 0 Å². The van der Waals surface area contributed by atoms with Crippen molar-refractivity contribution in [1.29, 1.82) is 0 Å². The number of rotatable bonds is 7. The SMILES string of the molecule is Cc1cc(NC(=O)C2C3C(=O)N(CCC(C)C)C(C(=O)NC4CCCCC4)C34C=CC2(C)O4)no1. The molecule has 2 N–H and O–H groups in total. The Morgan fingerprint density at radius 3 is 2.60 bits per heavy atom. The molecule has 4 aliphatic rings. The Labute approximate surface area is 206 Å². The molecule has 35 heavy (non-hydrogen) atoms. The summed E-state index contributed by atoms with van der Waals surface area (Å²) in [6, 6.07) is 0.943. The summed E-state index contributed by atoms with van der Waals surface area (Å²) < 4.78 is 11.6. The zero-order valence-corrected chi connectivity index (χ0v) is 21.0. The molecule has 2 bridgehead atoms. The fraction of sp³-hybridized carbons (Fsp3) is 0.692. The van der Waals surface area contributed by atoms with Gasteiger partial charge in [-0.2, -0.15) is 0 Å². The predicted molar refractivity (Wildman–Crippen MR) is 128 cm³/mol. The van der Waals surface area contributed by atoms with Gasteiger partial charge in [-0.3, -0.25) is 14.4 Å². The highest BCUT2D eigenvalue weighted by Crippen LogP contribution is 2.59. The van der Waals surface area contributed by atoms with Crippen molar-refractivity contribution in [2.75, 3.05) is 11.9 Å². The number of nitrogens with one attached hydrogen (secondary N) is 2. The number of aromatic nitrogens is 1. The van der Waals surface area contributed by atoms with Gasteiger partial charge >= 0.3 is 0 Å². The molecule has 3 fully saturated rings. The minimum Gasteiger partial charge on any atom is -0.360 e. The van der Waals surface area contributed by atoms with Crippen molar-refractivity contribution in [2.24, 2.45) is 17.8 Å². The number of carbonyl (C=O) groups excluding carboxylic acids is 3. The van der Waals surface area contributed by atoms with Crippen LogP contribution in [0.15, 0.2) is 22.7 Å². The van der Waals surface area contributed by atoms with Gasteiger partial charge in [-0.1, -0.05) is 50.4 Å². The zero-order valence-electron chi connectivity index (χ0n) is 21.0. The van der Waals surface area contributed by atoms with Gasteiger partial charge in [-0.05, 0) is 39.0 Å². The fourth-order valence-electron chi connectivity index (χ4n) is 6.42. The molecule has 9 nitrogen and oxygen atoms in total. The van der Waals surface area contributed by atoms with Crippen LogP contribution in [0.2, 0.25) is 0 Å². The molecule has 1 aliphatic carbocycles. The number of ether oxygens (including phenoxy) is 1. The molecule has 1 aromatic rings. The summed E-state index contributed by atoms with van der Waals surface area (Å²) in [4.78, 5) is 42.9. The Bertz CT molecular complexity index is 1040. The van der Waals surface area contributed by atoms with E-state index in [9.17, 15) is 14.4 Å². The predicted octanol–water partition coefficient (Wildman–Crippen LogP) is 2.96. The maximum absolute atomic E-state index is 13.9. The van der Waals surface area contributed by atoms with Crippen molar-refractivity contribution >= 4 is 23.5 Å². The second-order valence-electron chi connectivity index (χ2n) is 11.2. The smallest absolute Gasteiger partial charge is 0.246 e. The monoisotopic (exact) mass is 484 g/mol. The lowest BCUT2D eigenvalue weighted by atomic mass is 9.70. The van der Waals surface area contributed by atoms with E-state index in [4.69, 9.17) is 9.26 Å². The van der Waals surface area contributed by atoms with E-state index >= 15 is 0 Å². The van der Waals surface area contributed by atoms with E-state index in [2.05, 4.69) is 29.6 Å². The molecule has 3 amide bonds. The van der Waals surface area contributed by atoms with Crippen LogP contribution in [0.25, 0.3) is 0 Å². The summed E-state index contributed by atoms with van der Waals surface area (Å²) in [5, 5.41) is 9.87. The first-order valence-corrected chi connectivity index (χ1v) is 12.9. The topological polar surface area (TPSA) is 114 Å². The summed E-state index contributed by atoms with van der Waals surface area (Å²) in [7, 11) is 0. The molecule has 4 heterocycles. The van der Waals surface area contributed by atoms with Gasteiger partial charge in [-0.15, -0.1) is 0 Å². The van der Waals surface area contributed by atoms with Crippen LogP contribution in [-0.2, 0) is 19.1 Å². The molecule has 190 valence electrons. The van der Waals surface area contributed by atoms with E-state index < -0.39 is 29.1 Å². The van der Waals surface area contributed by atoms with Gasteiger partial charge in [0.25, 0.3) is 0 Å². The number of fused-ring (bicyclic) bond motifs is 1. The zero-order chi connectivity index (χ0) is 25.0. The largest absolute Gasteiger partial charge is 0.360 e. The lowest BCUT2D eigenvalue weighted by Crippen LogP contribution is -2.56. The third kappa shape index (κ3) is 3.97. The molecule has 1 saturated carbocycles. The molecule has 5 atom stereocenters. The van der Waals surface area contributed by atoms with Crippen molar-refractivity contribution < 1.29 is 23.6 Å². The van der Waals surface area contributed by atoms with Gasteiger partial charge in [0.05, 0.1) is 17.4 Å². The Morgan fingerprint density at radius 2 is 1.94 bits per heavy atom. The van der Waals surface area contributed by atoms with Crippen molar-refractivity contribution in [1.82, 2.24) is 15.4 Å². The van der Waals surface area contributed by atoms with E-state index in [0.717, 1.165) is 32.1 Å². The lowest BCUT2D eigenvalue weighted by Gasteiger charge is -2.35. The van der Waals surface area contributed by atoms with E-state index in [1.807, 2.05) is 19.1 Å². The third-order valence-corrected chi connectivity index (χ3v) is 8.11. The van der Waals surface area contributed by atoms with Gasteiger partial charge in [-0.25, -0.2) is 0 Å². The van der Waals surface area contributed by atoms with E-state index in [1.165, 1.54) is 6.42 Å². The summed E-state index contributed by atoms with van der Waals surface area (Å²) in [5.74, 6) is -1.07. The molecule has 1 spiro atoms. The first-order valence-electron chi connectivity index (χ1n) is 12.9. The Balaban J connectivity index is 1.46. The average molecular weight is 485 g/mol. The van der Waals surface area contributed by atoms with Crippen molar-refractivity contribution in [3.05, 3.63) is 24.0 Å². The van der Waals surface area contributed by atoms with E-state index in [-0.39, 0.29) is 23.8 Å². The van der Waals surface area contributed by atoms with Crippen LogP contribution in [0.5, 0.6) is 0 Å². The molecule has 5 rings (SSSR count). The van der Waals surface area contributed by atoms with Crippen LogP contribution in [0.1, 0.15) is 65.1 Å². The number of hydrogen-bond acceptors (Lipinski definition) is 6. The summed E-state index contributed by atoms with van der Waals surface area (Å²) >= 11 is 0. The van der Waals surface area contributed by atoms with Crippen LogP contribution < -0.4 is 10.6 Å². The highest BCUT2D eigenvalue weighted by molar-refractivity contribution is 6.03. The fourth-order valence-corrected chi connectivity index (χ4v) is 6.42. The number of aryl methyl sites for hydroxylation is 1. The number of hydrogen-bond donors (Lipinski definition) is 2. The molecule has 3 aliphatic heterocycles. The summed E-state index contributed by atoms with van der Waals surface area (Å²) in [6.07, 6.45) is 9.75. The van der Waals surface area contributed by atoms with Crippen LogP contribution in [0.4, 0.5) is 5.82 Å². The number of amides is 3. The van der Waals surface area contributed by atoms with Gasteiger partial charge in [0, 0.05) is 18.7 Å². The highest BCUT2D eigenvalue weighted by atomic mass is 16.5. The Kier molecular flexibility index (Phi) is 6.02. The van der Waals surface area contributed by atoms with Gasteiger partial charge < -0.3 is 24.8 Å². The number of carbonyl (C=O) groups is 3. The second kappa shape index (κ2) is 8.76. The number of likely N-dealkylation sites (tertiary alicyclic amines) is 1. The number of anilines is 1. The van der Waals surface area contributed by atoms with Gasteiger partial charge in [0.1, 0.15) is 17.4 Å². The van der Waals surface area contributed by atoms with Crippen molar-refractivity contribution in [3.8, 4) is 0 Å². The lowest BCUT2D eigenvalue weighted by molar-refractivity contribution is -0.144. The maximum Gasteiger partial charge on any atom is 0.246 e. The number of nitrogens with zero attached hydrogens (tertiary/aromatic N) is 2. The highest BCUT2D eigenvalue weighted by Gasteiger charge is 2.76. The average Bonchev–Trinajstić information content (AvgIpc) is 3.50. The molecule has 2 saturated heterocycles. The molecule has 9 heteroatoms. The molecule has 5 unspecified atom stereocenters. The third-order valence-electron chi connectivity index (χ3n) is 8.11. The Morgan fingerprint density at radius 1 is 1.20 bits per heavy atom. The molecule has 0 radical (unpaired) electrons.